The number of methoxy groups -OCH3 is 1. The zero-order valence-corrected chi connectivity index (χ0v) is 13.6. The Morgan fingerprint density at radius 3 is 2.86 bits per heavy atom. The van der Waals surface area contributed by atoms with Gasteiger partial charge in [0, 0.05) is 23.2 Å². The first-order valence-electron chi connectivity index (χ1n) is 6.27. The molecule has 0 aliphatic carbocycles. The number of carbonyl (C=O) groups is 1. The summed E-state index contributed by atoms with van der Waals surface area (Å²) in [6, 6.07) is 7.05. The van der Waals surface area contributed by atoms with Gasteiger partial charge in [-0.25, -0.2) is 4.79 Å². The lowest BCUT2D eigenvalue weighted by atomic mass is 10.2. The molecule has 0 spiro atoms. The van der Waals surface area contributed by atoms with Crippen molar-refractivity contribution in [2.24, 2.45) is 0 Å². The minimum Gasteiger partial charge on any atom is -0.496 e. The predicted molar refractivity (Wildman–Crippen MR) is 82.4 cm³/mol. The number of benzene rings is 1. The van der Waals surface area contributed by atoms with Crippen molar-refractivity contribution in [3.63, 3.8) is 0 Å². The Morgan fingerprint density at radius 2 is 2.24 bits per heavy atom. The van der Waals surface area contributed by atoms with Gasteiger partial charge in [-0.15, -0.1) is 0 Å². The van der Waals surface area contributed by atoms with E-state index in [4.69, 9.17) is 9.26 Å². The summed E-state index contributed by atoms with van der Waals surface area (Å²) in [5.74, 6) is 1.77. The summed E-state index contributed by atoms with van der Waals surface area (Å²) in [7, 11) is 3.30. The average Bonchev–Trinajstić information content (AvgIpc) is 2.84. The van der Waals surface area contributed by atoms with Crippen molar-refractivity contribution < 1.29 is 14.1 Å². The lowest BCUT2D eigenvalue weighted by Crippen LogP contribution is -2.31. The van der Waals surface area contributed by atoms with E-state index in [1.165, 1.54) is 4.90 Å². The zero-order chi connectivity index (χ0) is 15.4. The van der Waals surface area contributed by atoms with E-state index in [2.05, 4.69) is 26.4 Å². The molecule has 0 saturated carbocycles. The Bertz CT molecular complexity index is 642. The van der Waals surface area contributed by atoms with Crippen LogP contribution < -0.4 is 10.1 Å². The lowest BCUT2D eigenvalue weighted by molar-refractivity contribution is 0.220. The Kier molecular flexibility index (Phi) is 4.85. The fraction of sp³-hybridized carbons (Fsp3) is 0.286. The summed E-state index contributed by atoms with van der Waals surface area (Å²) in [5, 5.41) is 6.39. The quantitative estimate of drug-likeness (QED) is 0.914. The van der Waals surface area contributed by atoms with Gasteiger partial charge in [0.05, 0.1) is 13.7 Å². The first-order chi connectivity index (χ1) is 9.99. The van der Waals surface area contributed by atoms with Crippen molar-refractivity contribution in [1.29, 1.82) is 0 Å². The minimum absolute atomic E-state index is 0.273. The summed E-state index contributed by atoms with van der Waals surface area (Å²) in [5.41, 5.74) is 0.904. The minimum atomic E-state index is -0.273. The van der Waals surface area contributed by atoms with Crippen LogP contribution in [0, 0.1) is 6.92 Å². The van der Waals surface area contributed by atoms with Crippen LogP contribution >= 0.6 is 15.9 Å². The van der Waals surface area contributed by atoms with E-state index in [9.17, 15) is 4.79 Å². The normalized spacial score (nSPS) is 10.3. The number of anilines is 1. The molecule has 2 aromatic rings. The third kappa shape index (κ3) is 3.98. The molecular weight excluding hydrogens is 338 g/mol. The van der Waals surface area contributed by atoms with Crippen molar-refractivity contribution in [3.05, 3.63) is 40.1 Å². The molecule has 0 bridgehead atoms. The second kappa shape index (κ2) is 6.62. The molecule has 2 amide bonds. The van der Waals surface area contributed by atoms with Crippen molar-refractivity contribution >= 4 is 27.8 Å². The summed E-state index contributed by atoms with van der Waals surface area (Å²) in [6.45, 7) is 2.17. The highest BCUT2D eigenvalue weighted by Crippen LogP contribution is 2.24. The molecule has 1 aromatic heterocycles. The van der Waals surface area contributed by atoms with Gasteiger partial charge in [0.2, 0.25) is 0 Å². The number of carbonyl (C=O) groups excluding carboxylic acids is 1. The molecule has 0 atom stereocenters. The molecule has 112 valence electrons. The molecule has 1 N–H and O–H groups in total. The molecule has 1 aromatic carbocycles. The van der Waals surface area contributed by atoms with E-state index in [1.807, 2.05) is 18.2 Å². The fourth-order valence-corrected chi connectivity index (χ4v) is 2.24. The van der Waals surface area contributed by atoms with Crippen LogP contribution in [0.3, 0.4) is 0 Å². The number of amides is 2. The number of hydrogen-bond acceptors (Lipinski definition) is 4. The van der Waals surface area contributed by atoms with Crippen LogP contribution in [-0.2, 0) is 6.54 Å². The maximum Gasteiger partial charge on any atom is 0.323 e. The Balaban J connectivity index is 2.05. The molecule has 0 aliphatic heterocycles. The van der Waals surface area contributed by atoms with E-state index in [0.29, 0.717) is 18.1 Å². The number of rotatable bonds is 4. The number of halogens is 1. The monoisotopic (exact) mass is 353 g/mol. The number of nitrogens with zero attached hydrogens (tertiary/aromatic N) is 2. The topological polar surface area (TPSA) is 67.6 Å². The maximum atomic E-state index is 12.1. The highest BCUT2D eigenvalue weighted by Gasteiger charge is 2.14. The van der Waals surface area contributed by atoms with Crippen LogP contribution in [0.25, 0.3) is 0 Å². The van der Waals surface area contributed by atoms with Gasteiger partial charge in [0.1, 0.15) is 11.5 Å². The van der Waals surface area contributed by atoms with Crippen LogP contribution in [0.4, 0.5) is 10.6 Å². The third-order valence-electron chi connectivity index (χ3n) is 2.86. The van der Waals surface area contributed by atoms with Crippen molar-refractivity contribution in [1.82, 2.24) is 10.1 Å². The molecule has 0 radical (unpaired) electrons. The molecule has 0 unspecified atom stereocenters. The van der Waals surface area contributed by atoms with Crippen molar-refractivity contribution in [2.45, 2.75) is 13.5 Å². The Morgan fingerprint density at radius 1 is 1.48 bits per heavy atom. The van der Waals surface area contributed by atoms with E-state index < -0.39 is 0 Å². The van der Waals surface area contributed by atoms with E-state index in [-0.39, 0.29) is 6.03 Å². The SMILES string of the molecule is COc1ccc(Br)cc1CN(C)C(=O)Nc1cc(C)on1. The van der Waals surface area contributed by atoms with Gasteiger partial charge >= 0.3 is 6.03 Å². The molecule has 0 saturated heterocycles. The number of nitrogens with one attached hydrogen (secondary N) is 1. The smallest absolute Gasteiger partial charge is 0.323 e. The largest absolute Gasteiger partial charge is 0.496 e. The highest BCUT2D eigenvalue weighted by molar-refractivity contribution is 9.10. The van der Waals surface area contributed by atoms with Gasteiger partial charge < -0.3 is 14.2 Å². The highest BCUT2D eigenvalue weighted by atomic mass is 79.9. The van der Waals surface area contributed by atoms with Crippen LogP contribution in [0.2, 0.25) is 0 Å². The van der Waals surface area contributed by atoms with Gasteiger partial charge in [0.25, 0.3) is 0 Å². The van der Waals surface area contributed by atoms with Crippen molar-refractivity contribution in [2.75, 3.05) is 19.5 Å². The first-order valence-corrected chi connectivity index (χ1v) is 7.06. The number of hydrogen-bond donors (Lipinski definition) is 1. The molecule has 1 heterocycles. The Labute approximate surface area is 131 Å². The molecule has 21 heavy (non-hydrogen) atoms. The summed E-state index contributed by atoms with van der Waals surface area (Å²) >= 11 is 3.41. The summed E-state index contributed by atoms with van der Waals surface area (Å²) in [6.07, 6.45) is 0. The maximum absolute atomic E-state index is 12.1. The second-order valence-corrected chi connectivity index (χ2v) is 5.48. The number of urea groups is 1. The van der Waals surface area contributed by atoms with Gasteiger partial charge in [-0.3, -0.25) is 5.32 Å². The lowest BCUT2D eigenvalue weighted by Gasteiger charge is -2.18. The van der Waals surface area contributed by atoms with E-state index in [1.54, 1.807) is 27.1 Å². The number of aryl methyl sites for hydroxylation is 1. The molecule has 0 aliphatic rings. The molecule has 2 rings (SSSR count). The predicted octanol–water partition coefficient (Wildman–Crippen LogP) is 3.42. The first kappa shape index (κ1) is 15.4. The van der Waals surface area contributed by atoms with Gasteiger partial charge in [-0.2, -0.15) is 0 Å². The van der Waals surface area contributed by atoms with Crippen LogP contribution in [0.15, 0.2) is 33.3 Å². The summed E-state index contributed by atoms with van der Waals surface area (Å²) in [4.78, 5) is 13.6. The standard InChI is InChI=1S/C14H16BrN3O3/c1-9-6-13(17-21-9)16-14(19)18(2)8-10-7-11(15)4-5-12(10)20-3/h4-7H,8H2,1-3H3,(H,16,17,19). The van der Waals surface area contributed by atoms with Gasteiger partial charge in [-0.1, -0.05) is 21.1 Å². The van der Waals surface area contributed by atoms with Crippen LogP contribution in [-0.4, -0.2) is 30.2 Å². The van der Waals surface area contributed by atoms with Crippen LogP contribution in [0.1, 0.15) is 11.3 Å². The molecule has 6 nitrogen and oxygen atoms in total. The average molecular weight is 354 g/mol. The molecule has 0 fully saturated rings. The summed E-state index contributed by atoms with van der Waals surface area (Å²) < 4.78 is 11.1. The van der Waals surface area contributed by atoms with Crippen LogP contribution in [0.5, 0.6) is 5.75 Å². The van der Waals surface area contributed by atoms with Gasteiger partial charge in [0.15, 0.2) is 5.82 Å². The third-order valence-corrected chi connectivity index (χ3v) is 3.35. The molecule has 7 heteroatoms. The zero-order valence-electron chi connectivity index (χ0n) is 12.0. The fourth-order valence-electron chi connectivity index (χ4n) is 1.83. The number of aromatic nitrogens is 1. The second-order valence-electron chi connectivity index (χ2n) is 4.57. The van der Waals surface area contributed by atoms with Gasteiger partial charge in [-0.05, 0) is 25.1 Å². The van der Waals surface area contributed by atoms with E-state index in [0.717, 1.165) is 15.8 Å². The van der Waals surface area contributed by atoms with E-state index >= 15 is 0 Å². The Hall–Kier alpha value is -2.02. The molecular formula is C14H16BrN3O3. The van der Waals surface area contributed by atoms with Crippen molar-refractivity contribution in [3.8, 4) is 5.75 Å². The number of ether oxygens (including phenoxy) is 1.